The lowest BCUT2D eigenvalue weighted by Crippen LogP contribution is -1.86. The van der Waals surface area contributed by atoms with Crippen LogP contribution in [0.1, 0.15) is 30.5 Å². The number of thiazole rings is 2. The maximum absolute atomic E-state index is 8.60. The third-order valence-electron chi connectivity index (χ3n) is 2.22. The second kappa shape index (κ2) is 5.42. The average Bonchev–Trinajstić information content (AvgIpc) is 2.94. The monoisotopic (exact) mass is 266 g/mol. The molecular formula is C12H14N2OS2. The highest BCUT2D eigenvalue weighted by Gasteiger charge is 2.10. The quantitative estimate of drug-likeness (QED) is 0.851. The summed E-state index contributed by atoms with van der Waals surface area (Å²) in [6.07, 6.45) is 3.40. The molecule has 90 valence electrons. The van der Waals surface area contributed by atoms with Crippen LogP contribution in [0.2, 0.25) is 0 Å². The van der Waals surface area contributed by atoms with Gasteiger partial charge in [0.05, 0.1) is 17.0 Å². The van der Waals surface area contributed by atoms with Gasteiger partial charge in [0.1, 0.15) is 10.7 Å². The second-order valence-electron chi connectivity index (χ2n) is 3.96. The van der Waals surface area contributed by atoms with Crippen LogP contribution in [0.25, 0.3) is 10.7 Å². The van der Waals surface area contributed by atoms with Crippen molar-refractivity contribution < 1.29 is 5.11 Å². The van der Waals surface area contributed by atoms with Gasteiger partial charge in [0.25, 0.3) is 0 Å². The average molecular weight is 266 g/mol. The Morgan fingerprint density at radius 1 is 1.29 bits per heavy atom. The summed E-state index contributed by atoms with van der Waals surface area (Å²) in [5.74, 6) is 0.463. The zero-order chi connectivity index (χ0) is 12.3. The highest BCUT2D eigenvalue weighted by atomic mass is 32.1. The molecule has 2 rings (SSSR count). The van der Waals surface area contributed by atoms with E-state index in [1.165, 1.54) is 0 Å². The largest absolute Gasteiger partial charge is 0.516 e. The third-order valence-corrected chi connectivity index (χ3v) is 4.28. The van der Waals surface area contributed by atoms with Crippen molar-refractivity contribution in [2.75, 3.05) is 0 Å². The predicted octanol–water partition coefficient (Wildman–Crippen LogP) is 4.00. The molecule has 0 saturated heterocycles. The summed E-state index contributed by atoms with van der Waals surface area (Å²) in [5, 5.41) is 14.8. The summed E-state index contributed by atoms with van der Waals surface area (Å²) in [5.41, 5.74) is 1.93. The number of hydrogen-bond acceptors (Lipinski definition) is 5. The smallest absolute Gasteiger partial charge is 0.143 e. The Kier molecular flexibility index (Phi) is 3.91. The molecule has 1 N–H and O–H groups in total. The van der Waals surface area contributed by atoms with Crippen molar-refractivity contribution in [3.63, 3.8) is 0 Å². The molecular weight excluding hydrogens is 252 g/mol. The van der Waals surface area contributed by atoms with E-state index in [9.17, 15) is 0 Å². The van der Waals surface area contributed by atoms with Gasteiger partial charge in [-0.3, -0.25) is 0 Å². The maximum atomic E-state index is 8.60. The van der Waals surface area contributed by atoms with Gasteiger partial charge in [-0.25, -0.2) is 9.97 Å². The minimum absolute atomic E-state index is 0.463. The second-order valence-corrected chi connectivity index (χ2v) is 5.71. The van der Waals surface area contributed by atoms with Gasteiger partial charge in [-0.05, 0) is 6.08 Å². The fraction of sp³-hybridized carbons (Fsp3) is 0.333. The zero-order valence-electron chi connectivity index (χ0n) is 9.75. The third kappa shape index (κ3) is 2.92. The summed E-state index contributed by atoms with van der Waals surface area (Å²) in [6.45, 7) is 4.28. The minimum Gasteiger partial charge on any atom is -0.516 e. The first-order valence-corrected chi connectivity index (χ1v) is 7.16. The maximum Gasteiger partial charge on any atom is 0.143 e. The molecule has 0 amide bonds. The molecule has 0 fully saturated rings. The summed E-state index contributed by atoms with van der Waals surface area (Å²) in [6, 6.07) is 0. The number of aromatic nitrogens is 2. The van der Waals surface area contributed by atoms with E-state index in [-0.39, 0.29) is 0 Å². The predicted molar refractivity (Wildman–Crippen MR) is 72.8 cm³/mol. The van der Waals surface area contributed by atoms with Crippen molar-refractivity contribution in [3.8, 4) is 10.7 Å². The Labute approximate surface area is 109 Å². The van der Waals surface area contributed by atoms with Crippen LogP contribution in [0.3, 0.4) is 0 Å². The molecule has 3 nitrogen and oxygen atoms in total. The van der Waals surface area contributed by atoms with E-state index >= 15 is 0 Å². The van der Waals surface area contributed by atoms with Crippen LogP contribution >= 0.6 is 22.7 Å². The normalized spacial score (nSPS) is 11.7. The number of nitrogens with zero attached hydrogens (tertiary/aromatic N) is 2. The summed E-state index contributed by atoms with van der Waals surface area (Å²) < 4.78 is 0. The lowest BCUT2D eigenvalue weighted by molar-refractivity contribution is 0.471. The minimum atomic E-state index is 0.463. The Balaban J connectivity index is 2.18. The Morgan fingerprint density at radius 3 is 2.76 bits per heavy atom. The van der Waals surface area contributed by atoms with Gasteiger partial charge in [-0.2, -0.15) is 0 Å². The molecule has 2 aromatic rings. The van der Waals surface area contributed by atoms with E-state index in [1.807, 2.05) is 5.38 Å². The number of aliphatic hydroxyl groups is 1. The molecule has 0 bridgehead atoms. The first kappa shape index (κ1) is 12.3. The lowest BCUT2D eigenvalue weighted by atomic mass is 10.2. The first-order valence-electron chi connectivity index (χ1n) is 5.40. The molecule has 2 heterocycles. The van der Waals surface area contributed by atoms with Crippen molar-refractivity contribution in [2.45, 2.75) is 26.2 Å². The van der Waals surface area contributed by atoms with Crippen molar-refractivity contribution in [3.05, 3.63) is 33.8 Å². The molecule has 0 spiro atoms. The molecule has 0 aliphatic rings. The molecule has 0 aliphatic carbocycles. The number of allylic oxidation sites excluding steroid dienone is 1. The number of rotatable bonds is 4. The lowest BCUT2D eigenvalue weighted by Gasteiger charge is -1.95. The van der Waals surface area contributed by atoms with E-state index in [0.29, 0.717) is 12.3 Å². The molecule has 0 radical (unpaired) electrons. The molecule has 0 saturated carbocycles. The molecule has 0 aromatic carbocycles. The van der Waals surface area contributed by atoms with Gasteiger partial charge in [-0.1, -0.05) is 13.8 Å². The van der Waals surface area contributed by atoms with Crippen molar-refractivity contribution >= 4 is 22.7 Å². The van der Waals surface area contributed by atoms with Crippen molar-refractivity contribution in [1.82, 2.24) is 9.97 Å². The zero-order valence-corrected chi connectivity index (χ0v) is 11.4. The Hall–Kier alpha value is -1.20. The van der Waals surface area contributed by atoms with Crippen molar-refractivity contribution in [1.29, 1.82) is 0 Å². The number of hydrogen-bond donors (Lipinski definition) is 1. The summed E-state index contributed by atoms with van der Waals surface area (Å²) >= 11 is 3.28. The molecule has 5 heteroatoms. The van der Waals surface area contributed by atoms with Crippen LogP contribution in [-0.4, -0.2) is 15.1 Å². The van der Waals surface area contributed by atoms with Crippen LogP contribution in [0.15, 0.2) is 23.1 Å². The first-order chi connectivity index (χ1) is 8.20. The SMILES string of the molecule is CC(C)c1nc(-c2nc(C/C=C/O)cs2)cs1. The highest BCUT2D eigenvalue weighted by molar-refractivity contribution is 7.14. The van der Waals surface area contributed by atoms with Crippen LogP contribution in [0.5, 0.6) is 0 Å². The van der Waals surface area contributed by atoms with E-state index < -0.39 is 0 Å². The van der Waals surface area contributed by atoms with Gasteiger partial charge >= 0.3 is 0 Å². The number of aliphatic hydroxyl groups excluding tert-OH is 1. The Bertz CT molecular complexity index is 514. The highest BCUT2D eigenvalue weighted by Crippen LogP contribution is 2.28. The van der Waals surface area contributed by atoms with Gasteiger partial charge in [0, 0.05) is 23.1 Å². The van der Waals surface area contributed by atoms with Crippen LogP contribution in [0.4, 0.5) is 0 Å². The molecule has 0 unspecified atom stereocenters. The van der Waals surface area contributed by atoms with Gasteiger partial charge < -0.3 is 5.11 Å². The van der Waals surface area contributed by atoms with E-state index in [2.05, 4.69) is 29.2 Å². The van der Waals surface area contributed by atoms with E-state index in [1.54, 1.807) is 28.7 Å². The van der Waals surface area contributed by atoms with Crippen LogP contribution in [-0.2, 0) is 6.42 Å². The molecule has 17 heavy (non-hydrogen) atoms. The Morgan fingerprint density at radius 2 is 2.12 bits per heavy atom. The standard InChI is InChI=1S/C12H14N2OS2/c1-8(2)11-14-10(7-17-11)12-13-9(6-16-12)4-3-5-15/h3,5-8,15H,4H2,1-2H3/b5-3+. The van der Waals surface area contributed by atoms with Crippen molar-refractivity contribution in [2.24, 2.45) is 0 Å². The molecule has 2 aromatic heterocycles. The van der Waals surface area contributed by atoms with Crippen LogP contribution < -0.4 is 0 Å². The van der Waals surface area contributed by atoms with Gasteiger partial charge in [-0.15, -0.1) is 22.7 Å². The van der Waals surface area contributed by atoms with Gasteiger partial charge in [0.15, 0.2) is 0 Å². The van der Waals surface area contributed by atoms with E-state index in [0.717, 1.165) is 27.7 Å². The van der Waals surface area contributed by atoms with Gasteiger partial charge in [0.2, 0.25) is 0 Å². The molecule has 0 aliphatic heterocycles. The topological polar surface area (TPSA) is 46.0 Å². The van der Waals surface area contributed by atoms with E-state index in [4.69, 9.17) is 5.11 Å². The fourth-order valence-electron chi connectivity index (χ4n) is 1.34. The fourth-order valence-corrected chi connectivity index (χ4v) is 3.03. The molecule has 0 atom stereocenters. The summed E-state index contributed by atoms with van der Waals surface area (Å²) in [4.78, 5) is 9.06. The van der Waals surface area contributed by atoms with Crippen LogP contribution in [0, 0.1) is 0 Å². The summed E-state index contributed by atoms with van der Waals surface area (Å²) in [7, 11) is 0.